The standard InChI is InChI=1S/C32H44N2O8S/c1-23(24-12-7-6-8-13-24)30(33-32(36)42-29-22-41-31-27(29)16-19-40-31)28(35)21-34-17-9-4-2-3-5-10-18-39-25-14-11-15-26(20-25)43(34,37)38/h6-8,11-15,20,23,27-31,35H,2-5,9-10,16-19,21-22H2,1H3,(H,33,36)/t23-,27?,28-,29+,30+,31-/m1/s1. The lowest BCUT2D eigenvalue weighted by Gasteiger charge is -2.33. The average Bonchev–Trinajstić information content (AvgIpc) is 3.63. The average molecular weight is 617 g/mol. The lowest BCUT2D eigenvalue weighted by atomic mass is 9.89. The molecule has 6 atom stereocenters. The molecule has 0 spiro atoms. The van der Waals surface area contributed by atoms with Crippen molar-refractivity contribution in [2.75, 3.05) is 32.9 Å². The number of aliphatic hydroxyl groups excluding tert-OH is 1. The molecule has 2 aromatic rings. The number of nitrogens with zero attached hydrogens (tertiary/aromatic N) is 1. The van der Waals surface area contributed by atoms with Crippen LogP contribution in [0.2, 0.25) is 0 Å². The molecule has 1 unspecified atom stereocenters. The second kappa shape index (κ2) is 14.9. The van der Waals surface area contributed by atoms with Crippen LogP contribution in [-0.2, 0) is 24.2 Å². The smallest absolute Gasteiger partial charge is 0.407 e. The zero-order chi connectivity index (χ0) is 30.2. The van der Waals surface area contributed by atoms with Crippen molar-refractivity contribution in [3.8, 4) is 5.75 Å². The van der Waals surface area contributed by atoms with Gasteiger partial charge in [-0.05, 0) is 37.0 Å². The summed E-state index contributed by atoms with van der Waals surface area (Å²) in [7, 11) is -3.97. The van der Waals surface area contributed by atoms with Crippen LogP contribution in [0.25, 0.3) is 0 Å². The molecule has 2 fully saturated rings. The molecule has 3 aliphatic heterocycles. The summed E-state index contributed by atoms with van der Waals surface area (Å²) < 4.78 is 52.0. The number of alkyl carbamates (subject to hydrolysis) is 1. The van der Waals surface area contributed by atoms with Crippen LogP contribution < -0.4 is 10.1 Å². The van der Waals surface area contributed by atoms with Gasteiger partial charge in [0.1, 0.15) is 11.9 Å². The first-order valence-electron chi connectivity index (χ1n) is 15.5. The van der Waals surface area contributed by atoms with Crippen LogP contribution in [-0.4, -0.2) is 81.4 Å². The van der Waals surface area contributed by atoms with Crippen LogP contribution in [0.15, 0.2) is 59.5 Å². The Bertz CT molecular complexity index is 1290. The van der Waals surface area contributed by atoms with Crippen LogP contribution in [0.4, 0.5) is 4.79 Å². The second-order valence-electron chi connectivity index (χ2n) is 11.7. The Labute approximate surface area is 254 Å². The molecule has 236 valence electrons. The summed E-state index contributed by atoms with van der Waals surface area (Å²) in [5.74, 6) is 0.135. The van der Waals surface area contributed by atoms with Crippen LogP contribution in [0.1, 0.15) is 63.4 Å². The van der Waals surface area contributed by atoms with E-state index in [-0.39, 0.29) is 42.7 Å². The van der Waals surface area contributed by atoms with Crippen LogP contribution >= 0.6 is 0 Å². The monoisotopic (exact) mass is 616 g/mol. The second-order valence-corrected chi connectivity index (χ2v) is 13.7. The Kier molecular flexibility index (Phi) is 11.0. The number of hydrogen-bond acceptors (Lipinski definition) is 8. The molecule has 11 heteroatoms. The van der Waals surface area contributed by atoms with Crippen molar-refractivity contribution in [3.63, 3.8) is 0 Å². The van der Waals surface area contributed by atoms with Crippen molar-refractivity contribution < 1.29 is 37.3 Å². The van der Waals surface area contributed by atoms with Gasteiger partial charge < -0.3 is 29.4 Å². The number of fused-ring (bicyclic) bond motifs is 3. The molecule has 3 aliphatic rings. The van der Waals surface area contributed by atoms with Gasteiger partial charge in [0.15, 0.2) is 6.29 Å². The Hall–Kier alpha value is -2.70. The molecule has 0 radical (unpaired) electrons. The predicted molar refractivity (Wildman–Crippen MR) is 160 cm³/mol. The van der Waals surface area contributed by atoms with E-state index in [0.29, 0.717) is 25.4 Å². The summed E-state index contributed by atoms with van der Waals surface area (Å²) in [6, 6.07) is 15.2. The Morgan fingerprint density at radius 1 is 1.02 bits per heavy atom. The molecule has 10 nitrogen and oxygen atoms in total. The Morgan fingerprint density at radius 3 is 2.60 bits per heavy atom. The highest BCUT2D eigenvalue weighted by Crippen LogP contribution is 2.33. The first-order valence-corrected chi connectivity index (χ1v) is 16.9. The van der Waals surface area contributed by atoms with Gasteiger partial charge in [0.2, 0.25) is 10.0 Å². The van der Waals surface area contributed by atoms with Crippen molar-refractivity contribution >= 4 is 16.1 Å². The molecule has 2 aromatic carbocycles. The Morgan fingerprint density at radius 2 is 1.79 bits per heavy atom. The summed E-state index contributed by atoms with van der Waals surface area (Å²) in [4.78, 5) is 13.3. The van der Waals surface area contributed by atoms with Crippen molar-refractivity contribution in [2.45, 2.75) is 87.2 Å². The van der Waals surface area contributed by atoms with Crippen molar-refractivity contribution in [2.24, 2.45) is 5.92 Å². The summed E-state index contributed by atoms with van der Waals surface area (Å²) in [5, 5.41) is 14.6. The fraction of sp³-hybridized carbons (Fsp3) is 0.594. The van der Waals surface area contributed by atoms with Gasteiger partial charge in [-0.25, -0.2) is 13.2 Å². The number of carbonyl (C=O) groups is 1. The van der Waals surface area contributed by atoms with E-state index in [0.717, 1.165) is 44.1 Å². The normalized spacial score (nSPS) is 26.7. The van der Waals surface area contributed by atoms with Crippen LogP contribution in [0, 0.1) is 5.92 Å². The fourth-order valence-electron chi connectivity index (χ4n) is 6.17. The first kappa shape index (κ1) is 31.7. The van der Waals surface area contributed by atoms with E-state index < -0.39 is 34.4 Å². The molecule has 5 rings (SSSR count). The van der Waals surface area contributed by atoms with E-state index in [9.17, 15) is 18.3 Å². The van der Waals surface area contributed by atoms with Crippen LogP contribution in [0.5, 0.6) is 5.75 Å². The van der Waals surface area contributed by atoms with E-state index >= 15 is 0 Å². The number of ether oxygens (including phenoxy) is 4. The number of hydrogen-bond donors (Lipinski definition) is 2. The topological polar surface area (TPSA) is 124 Å². The molecular formula is C32H44N2O8S. The van der Waals surface area contributed by atoms with Crippen molar-refractivity contribution in [1.82, 2.24) is 9.62 Å². The zero-order valence-electron chi connectivity index (χ0n) is 24.8. The third-order valence-corrected chi connectivity index (χ3v) is 10.6. The quantitative estimate of drug-likeness (QED) is 0.469. The minimum absolute atomic E-state index is 0.0265. The van der Waals surface area contributed by atoms with Crippen molar-refractivity contribution in [1.29, 1.82) is 0 Å². The number of nitrogens with one attached hydrogen (secondary N) is 1. The largest absolute Gasteiger partial charge is 0.494 e. The van der Waals surface area contributed by atoms with Gasteiger partial charge in [-0.1, -0.05) is 69.0 Å². The molecule has 3 heterocycles. The number of sulfonamides is 1. The predicted octanol–water partition coefficient (Wildman–Crippen LogP) is 4.43. The summed E-state index contributed by atoms with van der Waals surface area (Å²) in [6.45, 7) is 3.31. The number of β-amino-alcohol motifs (C(OH)–C–C–N with tert-alkyl or cyclic N) is 1. The highest BCUT2D eigenvalue weighted by Gasteiger charge is 2.44. The van der Waals surface area contributed by atoms with Gasteiger partial charge >= 0.3 is 6.09 Å². The third-order valence-electron chi connectivity index (χ3n) is 8.71. The van der Waals surface area contributed by atoms with Gasteiger partial charge in [0.05, 0.1) is 42.8 Å². The van der Waals surface area contributed by atoms with Gasteiger partial charge in [-0.2, -0.15) is 4.31 Å². The van der Waals surface area contributed by atoms with E-state index in [2.05, 4.69) is 5.32 Å². The lowest BCUT2D eigenvalue weighted by Crippen LogP contribution is -2.52. The van der Waals surface area contributed by atoms with E-state index in [1.807, 2.05) is 37.3 Å². The maximum Gasteiger partial charge on any atom is 0.407 e. The molecule has 2 N–H and O–H groups in total. The molecular weight excluding hydrogens is 572 g/mol. The van der Waals surface area contributed by atoms with Gasteiger partial charge in [0.25, 0.3) is 0 Å². The van der Waals surface area contributed by atoms with E-state index in [1.54, 1.807) is 24.3 Å². The number of amides is 1. The Balaban J connectivity index is 1.36. The number of carbonyl (C=O) groups excluding carboxylic acids is 1. The maximum atomic E-state index is 13.9. The van der Waals surface area contributed by atoms with Gasteiger partial charge in [-0.3, -0.25) is 0 Å². The molecule has 2 bridgehead atoms. The van der Waals surface area contributed by atoms with Crippen LogP contribution in [0.3, 0.4) is 0 Å². The van der Waals surface area contributed by atoms with Gasteiger partial charge in [-0.15, -0.1) is 0 Å². The molecule has 0 saturated carbocycles. The maximum absolute atomic E-state index is 13.9. The minimum atomic E-state index is -3.97. The minimum Gasteiger partial charge on any atom is -0.494 e. The first-order chi connectivity index (χ1) is 20.8. The third kappa shape index (κ3) is 8.07. The molecule has 0 aliphatic carbocycles. The molecule has 2 saturated heterocycles. The number of benzene rings is 2. The fourth-order valence-corrected chi connectivity index (χ4v) is 7.70. The molecule has 0 aromatic heterocycles. The number of aliphatic hydroxyl groups is 1. The van der Waals surface area contributed by atoms with E-state index in [1.165, 1.54) is 4.31 Å². The van der Waals surface area contributed by atoms with Crippen molar-refractivity contribution in [3.05, 3.63) is 60.2 Å². The number of rotatable bonds is 7. The zero-order valence-corrected chi connectivity index (χ0v) is 25.6. The summed E-state index contributed by atoms with van der Waals surface area (Å²) in [5.41, 5.74) is 0.897. The summed E-state index contributed by atoms with van der Waals surface area (Å²) in [6.07, 6.45) is 3.62. The van der Waals surface area contributed by atoms with Gasteiger partial charge in [0, 0.05) is 25.1 Å². The van der Waals surface area contributed by atoms with E-state index in [4.69, 9.17) is 18.9 Å². The molecule has 43 heavy (non-hydrogen) atoms. The highest BCUT2D eigenvalue weighted by atomic mass is 32.2. The summed E-state index contributed by atoms with van der Waals surface area (Å²) >= 11 is 0. The highest BCUT2D eigenvalue weighted by molar-refractivity contribution is 7.89. The molecule has 1 amide bonds. The SMILES string of the molecule is C[C@H](c1ccccc1)[C@H](NC(=O)O[C@H]1CO[C@H]2OCCC21)[C@H](O)CN1CCCCCCCCOc2cccc(c2)S1(=O)=O. The lowest BCUT2D eigenvalue weighted by molar-refractivity contribution is -0.0907.